The number of hydrogen-bond donors (Lipinski definition) is 2. The maximum Gasteiger partial charge on any atom is 0.361 e. The molecule has 0 unspecified atom stereocenters. The van der Waals surface area contributed by atoms with E-state index in [0.717, 1.165) is 19.3 Å². The molecular weight excluding hydrogens is 243 g/mol. The van der Waals surface area contributed by atoms with E-state index in [-0.39, 0.29) is 13.2 Å². The van der Waals surface area contributed by atoms with Crippen LogP contribution in [0.25, 0.3) is 0 Å². The van der Waals surface area contributed by atoms with Crippen LogP contribution in [0.2, 0.25) is 0 Å². The van der Waals surface area contributed by atoms with Crippen LogP contribution in [0.5, 0.6) is 0 Å². The first kappa shape index (κ1) is 15.1. The van der Waals surface area contributed by atoms with Crippen LogP contribution >= 0.6 is 7.60 Å². The lowest BCUT2D eigenvalue weighted by Crippen LogP contribution is -2.44. The molecule has 0 bridgehead atoms. The second-order valence-electron chi connectivity index (χ2n) is 4.41. The van der Waals surface area contributed by atoms with Crippen LogP contribution in [0.15, 0.2) is 0 Å². The predicted octanol–water partition coefficient (Wildman–Crippen LogP) is 2.27. The van der Waals surface area contributed by atoms with Gasteiger partial charge in [0.25, 0.3) is 0 Å². The Labute approximate surface area is 103 Å². The zero-order valence-corrected chi connectivity index (χ0v) is 11.5. The Morgan fingerprint density at radius 1 is 1.18 bits per heavy atom. The summed E-state index contributed by atoms with van der Waals surface area (Å²) in [6, 6.07) is 0. The highest BCUT2D eigenvalue weighted by Gasteiger charge is 2.49. The molecule has 0 aromatic heterocycles. The molecule has 1 aliphatic rings. The van der Waals surface area contributed by atoms with Crippen LogP contribution in [0.1, 0.15) is 46.0 Å². The topological polar surface area (TPSA) is 76.0 Å². The summed E-state index contributed by atoms with van der Waals surface area (Å²) in [7, 11) is -3.64. The van der Waals surface area contributed by atoms with Crippen molar-refractivity contribution in [1.82, 2.24) is 0 Å². The highest BCUT2D eigenvalue weighted by Crippen LogP contribution is 2.57. The largest absolute Gasteiger partial charge is 0.386 e. The van der Waals surface area contributed by atoms with Crippen LogP contribution in [-0.4, -0.2) is 34.9 Å². The van der Waals surface area contributed by atoms with Gasteiger partial charge in [-0.2, -0.15) is 0 Å². The van der Waals surface area contributed by atoms with Crippen molar-refractivity contribution in [2.24, 2.45) is 0 Å². The quantitative estimate of drug-likeness (QED) is 0.721. The zero-order valence-electron chi connectivity index (χ0n) is 10.6. The van der Waals surface area contributed by atoms with Crippen molar-refractivity contribution in [2.75, 3.05) is 13.2 Å². The third-order valence-corrected chi connectivity index (χ3v) is 5.43. The summed E-state index contributed by atoms with van der Waals surface area (Å²) in [5, 5.41) is 20.5. The molecule has 0 saturated heterocycles. The number of hydrogen-bond acceptors (Lipinski definition) is 5. The summed E-state index contributed by atoms with van der Waals surface area (Å²) in [5.74, 6) is -1.45. The normalized spacial score (nSPS) is 22.4. The maximum atomic E-state index is 12.4. The SMILES string of the molecule is CCOP(=O)(OCC)[C@H](O)C1(O)CCCCC1. The van der Waals surface area contributed by atoms with Gasteiger partial charge in [0.1, 0.15) is 5.60 Å². The molecule has 0 spiro atoms. The number of rotatable bonds is 6. The maximum absolute atomic E-state index is 12.4. The first-order chi connectivity index (χ1) is 7.98. The molecule has 1 saturated carbocycles. The van der Waals surface area contributed by atoms with Crippen molar-refractivity contribution in [1.29, 1.82) is 0 Å². The highest BCUT2D eigenvalue weighted by atomic mass is 31.2. The Balaban J connectivity index is 2.82. The van der Waals surface area contributed by atoms with E-state index in [1.165, 1.54) is 0 Å². The van der Waals surface area contributed by atoms with E-state index in [9.17, 15) is 14.8 Å². The summed E-state index contributed by atoms with van der Waals surface area (Å²) in [6.07, 6.45) is 3.57. The molecular formula is C11H23O5P. The van der Waals surface area contributed by atoms with Gasteiger partial charge in [0.05, 0.1) is 13.2 Å². The summed E-state index contributed by atoms with van der Waals surface area (Å²) in [5.41, 5.74) is -1.34. The van der Waals surface area contributed by atoms with Crippen molar-refractivity contribution < 1.29 is 23.8 Å². The van der Waals surface area contributed by atoms with Gasteiger partial charge in [0.15, 0.2) is 5.85 Å². The summed E-state index contributed by atoms with van der Waals surface area (Å²) in [4.78, 5) is 0. The van der Waals surface area contributed by atoms with E-state index in [2.05, 4.69) is 0 Å². The zero-order chi connectivity index (χ0) is 12.9. The Morgan fingerprint density at radius 3 is 2.06 bits per heavy atom. The van der Waals surface area contributed by atoms with E-state index in [0.29, 0.717) is 12.8 Å². The fourth-order valence-corrected chi connectivity index (χ4v) is 4.18. The molecule has 1 rings (SSSR count). The minimum atomic E-state index is -3.64. The number of aliphatic hydroxyl groups excluding tert-OH is 1. The fourth-order valence-electron chi connectivity index (χ4n) is 2.25. The van der Waals surface area contributed by atoms with Crippen molar-refractivity contribution in [3.8, 4) is 0 Å². The second kappa shape index (κ2) is 6.30. The predicted molar refractivity (Wildman–Crippen MR) is 64.9 cm³/mol. The van der Waals surface area contributed by atoms with E-state index in [1.807, 2.05) is 0 Å². The molecule has 0 aromatic rings. The molecule has 1 fully saturated rings. The van der Waals surface area contributed by atoms with Gasteiger partial charge in [0.2, 0.25) is 0 Å². The smallest absolute Gasteiger partial charge is 0.361 e. The van der Waals surface area contributed by atoms with Gasteiger partial charge in [0, 0.05) is 0 Å². The van der Waals surface area contributed by atoms with Crippen molar-refractivity contribution >= 4 is 7.60 Å². The third-order valence-electron chi connectivity index (χ3n) is 3.12. The van der Waals surface area contributed by atoms with Crippen LogP contribution < -0.4 is 0 Å². The minimum Gasteiger partial charge on any atom is -0.386 e. The van der Waals surface area contributed by atoms with Gasteiger partial charge in [-0.25, -0.2) is 0 Å². The lowest BCUT2D eigenvalue weighted by atomic mass is 9.85. The highest BCUT2D eigenvalue weighted by molar-refractivity contribution is 7.54. The number of aliphatic hydroxyl groups is 2. The van der Waals surface area contributed by atoms with Gasteiger partial charge in [-0.15, -0.1) is 0 Å². The molecule has 1 atom stereocenters. The van der Waals surface area contributed by atoms with Crippen molar-refractivity contribution in [3.05, 3.63) is 0 Å². The van der Waals surface area contributed by atoms with Gasteiger partial charge in [-0.1, -0.05) is 19.3 Å². The van der Waals surface area contributed by atoms with E-state index < -0.39 is 19.0 Å². The van der Waals surface area contributed by atoms with E-state index in [4.69, 9.17) is 9.05 Å². The van der Waals surface area contributed by atoms with Crippen LogP contribution in [0.4, 0.5) is 0 Å². The van der Waals surface area contributed by atoms with Crippen molar-refractivity contribution in [2.45, 2.75) is 57.4 Å². The Bertz CT molecular complexity index is 265. The van der Waals surface area contributed by atoms with Crippen LogP contribution in [0.3, 0.4) is 0 Å². The lowest BCUT2D eigenvalue weighted by Gasteiger charge is -2.38. The molecule has 1 aliphatic carbocycles. The van der Waals surface area contributed by atoms with E-state index in [1.54, 1.807) is 13.8 Å². The summed E-state index contributed by atoms with van der Waals surface area (Å²) < 4.78 is 22.5. The molecule has 5 nitrogen and oxygen atoms in total. The van der Waals surface area contributed by atoms with E-state index >= 15 is 0 Å². The van der Waals surface area contributed by atoms with Gasteiger partial charge >= 0.3 is 7.60 Å². The van der Waals surface area contributed by atoms with Gasteiger partial charge < -0.3 is 19.3 Å². The van der Waals surface area contributed by atoms with Crippen LogP contribution in [0, 0.1) is 0 Å². The average molecular weight is 266 g/mol. The average Bonchev–Trinajstić information content (AvgIpc) is 2.29. The standard InChI is InChI=1S/C11H23O5P/c1-3-15-17(14,16-4-2)10(12)11(13)8-6-5-7-9-11/h10,12-13H,3-9H2,1-2H3/t10-/m0/s1. The first-order valence-electron chi connectivity index (χ1n) is 6.28. The molecule has 6 heteroatoms. The van der Waals surface area contributed by atoms with Gasteiger partial charge in [-0.3, -0.25) is 4.57 Å². The molecule has 17 heavy (non-hydrogen) atoms. The minimum absolute atomic E-state index is 0.185. The first-order valence-corrected chi connectivity index (χ1v) is 7.89. The Morgan fingerprint density at radius 2 is 1.65 bits per heavy atom. The third kappa shape index (κ3) is 3.52. The Hall–Kier alpha value is 0.0700. The molecule has 0 radical (unpaired) electrons. The fraction of sp³-hybridized carbons (Fsp3) is 1.00. The molecule has 0 aromatic carbocycles. The molecule has 102 valence electrons. The monoisotopic (exact) mass is 266 g/mol. The Kier molecular flexibility index (Phi) is 5.61. The molecule has 0 amide bonds. The lowest BCUT2D eigenvalue weighted by molar-refractivity contribution is -0.0736. The molecule has 2 N–H and O–H groups in total. The van der Waals surface area contributed by atoms with Crippen molar-refractivity contribution in [3.63, 3.8) is 0 Å². The summed E-state index contributed by atoms with van der Waals surface area (Å²) in [6.45, 7) is 3.74. The van der Waals surface area contributed by atoms with Gasteiger partial charge in [-0.05, 0) is 26.7 Å². The molecule has 0 heterocycles. The van der Waals surface area contributed by atoms with Crippen LogP contribution in [-0.2, 0) is 13.6 Å². The summed E-state index contributed by atoms with van der Waals surface area (Å²) >= 11 is 0. The molecule has 0 aliphatic heterocycles. The second-order valence-corrected chi connectivity index (χ2v) is 6.50.